The third kappa shape index (κ3) is 4.86. The summed E-state index contributed by atoms with van der Waals surface area (Å²) in [6.07, 6.45) is 6.20. The highest BCUT2D eigenvalue weighted by Gasteiger charge is 2.47. The fourth-order valence-electron chi connectivity index (χ4n) is 7.99. The Kier molecular flexibility index (Phi) is 7.57. The van der Waals surface area contributed by atoms with E-state index < -0.39 is 12.0 Å². The molecule has 0 unspecified atom stereocenters. The number of likely N-dealkylation sites (tertiary alicyclic amines) is 1. The second kappa shape index (κ2) is 10.6. The number of ether oxygens (including phenoxy) is 1. The predicted molar refractivity (Wildman–Crippen MR) is 145 cm³/mol. The van der Waals surface area contributed by atoms with E-state index >= 15 is 0 Å². The lowest BCUT2D eigenvalue weighted by atomic mass is 9.75. The maximum absolute atomic E-state index is 14.2. The first-order valence-corrected chi connectivity index (χ1v) is 14.2. The van der Waals surface area contributed by atoms with Crippen LogP contribution in [0, 0.1) is 17.7 Å². The van der Waals surface area contributed by atoms with E-state index in [1.807, 2.05) is 38.7 Å². The van der Waals surface area contributed by atoms with Crippen molar-refractivity contribution in [1.82, 2.24) is 19.6 Å². The van der Waals surface area contributed by atoms with Crippen molar-refractivity contribution in [3.8, 4) is 5.88 Å². The minimum atomic E-state index is -0.766. The number of hydrogen-bond acceptors (Lipinski definition) is 5. The van der Waals surface area contributed by atoms with Gasteiger partial charge in [-0.1, -0.05) is 26.0 Å². The van der Waals surface area contributed by atoms with Gasteiger partial charge in [-0.25, -0.2) is 4.39 Å². The fraction of sp³-hybridized carbons (Fsp3) is 0.667. The molecule has 1 spiro atoms. The van der Waals surface area contributed by atoms with Gasteiger partial charge in [0.05, 0.1) is 12.8 Å². The Bertz CT molecular complexity index is 1160. The van der Waals surface area contributed by atoms with Crippen molar-refractivity contribution in [1.29, 1.82) is 0 Å². The lowest BCUT2D eigenvalue weighted by Gasteiger charge is -2.41. The Balaban J connectivity index is 1.32. The van der Waals surface area contributed by atoms with Gasteiger partial charge >= 0.3 is 5.97 Å². The highest BCUT2D eigenvalue weighted by Crippen LogP contribution is 2.49. The van der Waals surface area contributed by atoms with Gasteiger partial charge in [0.2, 0.25) is 5.88 Å². The summed E-state index contributed by atoms with van der Waals surface area (Å²) in [5.41, 5.74) is 3.87. The van der Waals surface area contributed by atoms with Gasteiger partial charge in [0, 0.05) is 30.6 Å². The largest absolute Gasteiger partial charge is 0.480 e. The van der Waals surface area contributed by atoms with Crippen LogP contribution in [0.4, 0.5) is 4.39 Å². The van der Waals surface area contributed by atoms with E-state index in [0.717, 1.165) is 69.6 Å². The summed E-state index contributed by atoms with van der Waals surface area (Å²) < 4.78 is 21.8. The molecule has 4 atom stereocenters. The summed E-state index contributed by atoms with van der Waals surface area (Å²) in [7, 11) is 5.71. The zero-order valence-electron chi connectivity index (χ0n) is 23.5. The van der Waals surface area contributed by atoms with Gasteiger partial charge in [0.15, 0.2) is 0 Å². The fourth-order valence-corrected chi connectivity index (χ4v) is 7.99. The first-order chi connectivity index (χ1) is 18.1. The second-order valence-corrected chi connectivity index (χ2v) is 12.3. The van der Waals surface area contributed by atoms with Gasteiger partial charge in [0.25, 0.3) is 0 Å². The molecule has 1 aromatic heterocycles. The summed E-state index contributed by atoms with van der Waals surface area (Å²) in [5.74, 6) is 0.404. The number of carboxylic acids is 1. The summed E-state index contributed by atoms with van der Waals surface area (Å²) in [4.78, 5) is 16.7. The van der Waals surface area contributed by atoms with Gasteiger partial charge in [-0.05, 0) is 94.1 Å². The quantitative estimate of drug-likeness (QED) is 0.548. The molecule has 7 nitrogen and oxygen atoms in total. The highest BCUT2D eigenvalue weighted by molar-refractivity contribution is 5.73. The van der Waals surface area contributed by atoms with E-state index in [1.165, 1.54) is 17.3 Å². The van der Waals surface area contributed by atoms with Crippen LogP contribution >= 0.6 is 0 Å². The normalized spacial score (nSPS) is 25.8. The van der Waals surface area contributed by atoms with Crippen molar-refractivity contribution in [2.24, 2.45) is 18.9 Å². The maximum atomic E-state index is 14.2. The average molecular weight is 527 g/mol. The molecule has 0 bridgehead atoms. The van der Waals surface area contributed by atoms with Crippen molar-refractivity contribution in [3.05, 3.63) is 46.9 Å². The molecule has 5 rings (SSSR count). The number of carboxylic acid groups (broad SMARTS) is 1. The molecule has 2 fully saturated rings. The third-order valence-electron chi connectivity index (χ3n) is 9.81. The van der Waals surface area contributed by atoms with E-state index in [0.29, 0.717) is 5.92 Å². The number of likely N-dealkylation sites (N-methyl/N-ethyl adjacent to an activating group) is 1. The Labute approximate surface area is 225 Å². The molecule has 208 valence electrons. The molecule has 2 aliphatic carbocycles. The lowest BCUT2D eigenvalue weighted by molar-refractivity contribution is -0.145. The van der Waals surface area contributed by atoms with Gasteiger partial charge in [-0.3, -0.25) is 14.4 Å². The number of carbonyl (C=O) groups is 1. The molecule has 0 radical (unpaired) electrons. The number of rotatable bonds is 8. The molecule has 8 heteroatoms. The van der Waals surface area contributed by atoms with Crippen molar-refractivity contribution in [3.63, 3.8) is 0 Å². The zero-order chi connectivity index (χ0) is 27.2. The molecular weight excluding hydrogens is 483 g/mol. The van der Waals surface area contributed by atoms with Crippen LogP contribution in [0.15, 0.2) is 24.3 Å². The number of aliphatic carboxylic acids is 1. The number of methoxy groups -OCH3 is 1. The summed E-state index contributed by atoms with van der Waals surface area (Å²) >= 11 is 0. The minimum Gasteiger partial charge on any atom is -0.480 e. The van der Waals surface area contributed by atoms with E-state index in [2.05, 4.69) is 14.9 Å². The predicted octanol–water partition coefficient (Wildman–Crippen LogP) is 4.45. The second-order valence-electron chi connectivity index (χ2n) is 12.3. The monoisotopic (exact) mass is 526 g/mol. The van der Waals surface area contributed by atoms with Gasteiger partial charge in [-0.2, -0.15) is 0 Å². The molecule has 0 amide bonds. The van der Waals surface area contributed by atoms with Crippen molar-refractivity contribution >= 4 is 5.97 Å². The van der Waals surface area contributed by atoms with Crippen LogP contribution in [-0.2, 0) is 23.7 Å². The van der Waals surface area contributed by atoms with Crippen molar-refractivity contribution < 1.29 is 19.0 Å². The number of fused-ring (bicyclic) bond motifs is 2. The van der Waals surface area contributed by atoms with Crippen LogP contribution in [0.1, 0.15) is 68.7 Å². The Morgan fingerprint density at radius 3 is 2.63 bits per heavy atom. The first-order valence-electron chi connectivity index (χ1n) is 14.2. The number of piperidine rings is 1. The van der Waals surface area contributed by atoms with E-state index in [-0.39, 0.29) is 29.1 Å². The number of nitrogens with zero attached hydrogens (tertiary/aromatic N) is 4. The van der Waals surface area contributed by atoms with Crippen LogP contribution < -0.4 is 4.74 Å². The number of hydrogen-bond donors (Lipinski definition) is 1. The number of benzene rings is 1. The lowest BCUT2D eigenvalue weighted by Crippen LogP contribution is -2.47. The molecule has 1 N–H and O–H groups in total. The zero-order valence-corrected chi connectivity index (χ0v) is 23.5. The van der Waals surface area contributed by atoms with Crippen LogP contribution in [-0.4, -0.2) is 76.5 Å². The standard InChI is InChI=1S/C30H43FN4O3/c1-19(2)26(29(36)37)33(3)23-16-21(25(17-23)20-7-6-8-22(31)15-20)18-35-13-11-30(12-14-35)10-9-24-27(30)34(4)32-28(24)38-5/h6-8,15,19,21,23,25-26H,9-14,16-18H2,1-5H3,(H,36,37)/t21-,23+,25-,26-/m1/s1. The molecule has 1 saturated carbocycles. The number of aromatic nitrogens is 2. The summed E-state index contributed by atoms with van der Waals surface area (Å²) in [6, 6.07) is 6.67. The maximum Gasteiger partial charge on any atom is 0.321 e. The van der Waals surface area contributed by atoms with Gasteiger partial charge in [-0.15, -0.1) is 5.10 Å². The first kappa shape index (κ1) is 27.1. The SMILES string of the molecule is COc1nn(C)c2c1CCC21CCN(C[C@H]2C[C@H](N(C)[C@@H](C(=O)O)C(C)C)C[C@@H]2c2cccc(F)c2)CC1. The van der Waals surface area contributed by atoms with Crippen LogP contribution in [0.25, 0.3) is 0 Å². The van der Waals surface area contributed by atoms with Crippen LogP contribution in [0.5, 0.6) is 5.88 Å². The highest BCUT2D eigenvalue weighted by atomic mass is 19.1. The van der Waals surface area contributed by atoms with E-state index in [1.54, 1.807) is 19.2 Å². The molecule has 1 aromatic carbocycles. The topological polar surface area (TPSA) is 70.8 Å². The minimum absolute atomic E-state index is 0.0179. The average Bonchev–Trinajstić information content (AvgIpc) is 3.55. The van der Waals surface area contributed by atoms with E-state index in [9.17, 15) is 14.3 Å². The Hall–Kier alpha value is -2.45. The Morgan fingerprint density at radius 1 is 1.26 bits per heavy atom. The van der Waals surface area contributed by atoms with E-state index in [4.69, 9.17) is 4.74 Å². The third-order valence-corrected chi connectivity index (χ3v) is 9.81. The molecule has 2 aromatic rings. The smallest absolute Gasteiger partial charge is 0.321 e. The van der Waals surface area contributed by atoms with Gasteiger partial charge in [0.1, 0.15) is 11.9 Å². The van der Waals surface area contributed by atoms with Crippen molar-refractivity contribution in [2.45, 2.75) is 75.8 Å². The van der Waals surface area contributed by atoms with Crippen LogP contribution in [0.2, 0.25) is 0 Å². The van der Waals surface area contributed by atoms with Crippen molar-refractivity contribution in [2.75, 3.05) is 33.8 Å². The molecule has 3 aliphatic rings. The molecule has 1 aliphatic heterocycles. The molecule has 38 heavy (non-hydrogen) atoms. The summed E-state index contributed by atoms with van der Waals surface area (Å²) in [6.45, 7) is 6.97. The summed E-state index contributed by atoms with van der Waals surface area (Å²) in [5, 5.41) is 14.5. The molecule has 2 heterocycles. The number of aryl methyl sites for hydroxylation is 1. The molecule has 1 saturated heterocycles. The molecular formula is C30H43FN4O3. The number of halogens is 1. The van der Waals surface area contributed by atoms with Gasteiger partial charge < -0.3 is 14.7 Å². The van der Waals surface area contributed by atoms with Crippen LogP contribution in [0.3, 0.4) is 0 Å². The Morgan fingerprint density at radius 2 is 2.00 bits per heavy atom.